The molecule has 0 radical (unpaired) electrons. The Morgan fingerprint density at radius 2 is 1.93 bits per heavy atom. The number of benzene rings is 1. The predicted molar refractivity (Wildman–Crippen MR) is 122 cm³/mol. The predicted octanol–water partition coefficient (Wildman–Crippen LogP) is 3.00. The largest absolute Gasteiger partial charge is 0.497 e. The van der Waals surface area contributed by atoms with Gasteiger partial charge >= 0.3 is 0 Å². The molecule has 1 aromatic carbocycles. The molecule has 7 nitrogen and oxygen atoms in total. The number of piperidine rings is 1. The average Bonchev–Trinajstić information content (AvgIpc) is 2.78. The fourth-order valence-corrected chi connectivity index (χ4v) is 3.51. The molecule has 1 aliphatic heterocycles. The molecule has 1 saturated heterocycles. The number of hydrogen-bond donors (Lipinski definition) is 2. The zero-order valence-electron chi connectivity index (χ0n) is 18.2. The summed E-state index contributed by atoms with van der Waals surface area (Å²) in [4.78, 5) is 11.4. The van der Waals surface area contributed by atoms with Crippen LogP contribution < -0.4 is 25.0 Å². The summed E-state index contributed by atoms with van der Waals surface area (Å²) >= 11 is 0. The number of pyridine rings is 1. The highest BCUT2D eigenvalue weighted by atomic mass is 16.5. The highest BCUT2D eigenvalue weighted by Crippen LogP contribution is 2.19. The molecule has 1 aromatic heterocycles. The van der Waals surface area contributed by atoms with E-state index in [1.54, 1.807) is 7.11 Å². The minimum absolute atomic E-state index is 0.422. The Balaban J connectivity index is 1.34. The van der Waals surface area contributed by atoms with Gasteiger partial charge in [-0.1, -0.05) is 12.1 Å². The summed E-state index contributed by atoms with van der Waals surface area (Å²) in [5, 5.41) is 6.93. The number of nitrogens with one attached hydrogen (secondary N) is 2. The molecule has 1 fully saturated rings. The minimum atomic E-state index is 0.422. The van der Waals surface area contributed by atoms with Crippen LogP contribution in [0.2, 0.25) is 0 Å². The first kappa shape index (κ1) is 21.7. The molecule has 0 aliphatic carbocycles. The summed E-state index contributed by atoms with van der Waals surface area (Å²) in [5.41, 5.74) is 1.06. The summed E-state index contributed by atoms with van der Waals surface area (Å²) in [6.45, 7) is 5.48. The normalized spacial score (nSPS) is 15.0. The lowest BCUT2D eigenvalue weighted by Gasteiger charge is -2.34. The van der Waals surface area contributed by atoms with Gasteiger partial charge in [0.25, 0.3) is 0 Å². The number of anilines is 1. The van der Waals surface area contributed by atoms with Crippen LogP contribution in [0.5, 0.6) is 11.5 Å². The molecule has 2 heterocycles. The first-order valence-corrected chi connectivity index (χ1v) is 10.6. The van der Waals surface area contributed by atoms with Gasteiger partial charge in [0.2, 0.25) is 0 Å². The van der Waals surface area contributed by atoms with Crippen molar-refractivity contribution in [1.82, 2.24) is 15.6 Å². The second-order valence-electron chi connectivity index (χ2n) is 7.42. The van der Waals surface area contributed by atoms with Crippen LogP contribution in [-0.2, 0) is 0 Å². The van der Waals surface area contributed by atoms with Crippen molar-refractivity contribution in [2.24, 2.45) is 4.99 Å². The van der Waals surface area contributed by atoms with E-state index in [-0.39, 0.29) is 0 Å². The molecule has 30 heavy (non-hydrogen) atoms. The number of rotatable bonds is 8. The van der Waals surface area contributed by atoms with E-state index in [4.69, 9.17) is 9.47 Å². The third-order valence-electron chi connectivity index (χ3n) is 5.18. The Kier molecular flexibility index (Phi) is 8.18. The zero-order chi connectivity index (χ0) is 21.2. The maximum Gasteiger partial charge on any atom is 0.191 e. The number of guanidine groups is 1. The standard InChI is InChI=1S/C23H33N5O2/c1-18-7-4-10-22(26-18)28-14-11-19(12-15-28)27-23(24-2)25-13-6-16-30-21-9-5-8-20(17-21)29-3/h4-5,7-10,17,19H,6,11-16H2,1-3H3,(H2,24,25,27). The molecule has 0 amide bonds. The second kappa shape index (κ2) is 11.3. The fourth-order valence-electron chi connectivity index (χ4n) is 3.51. The van der Waals surface area contributed by atoms with Crippen LogP contribution in [0.4, 0.5) is 5.82 Å². The molecule has 3 rings (SSSR count). The SMILES string of the molecule is CN=C(NCCCOc1cccc(OC)c1)NC1CCN(c2cccc(C)n2)CC1. The Morgan fingerprint density at radius 1 is 1.17 bits per heavy atom. The summed E-state index contributed by atoms with van der Waals surface area (Å²) in [6.07, 6.45) is 3.01. The molecular formula is C23H33N5O2. The molecule has 0 atom stereocenters. The zero-order valence-corrected chi connectivity index (χ0v) is 18.2. The van der Waals surface area contributed by atoms with Gasteiger partial charge in [0, 0.05) is 44.5 Å². The van der Waals surface area contributed by atoms with Gasteiger partial charge < -0.3 is 25.0 Å². The monoisotopic (exact) mass is 411 g/mol. The van der Waals surface area contributed by atoms with Gasteiger partial charge in [-0.3, -0.25) is 4.99 Å². The van der Waals surface area contributed by atoms with Crippen molar-refractivity contribution in [2.75, 3.05) is 45.3 Å². The van der Waals surface area contributed by atoms with Crippen LogP contribution in [-0.4, -0.2) is 57.4 Å². The number of aromatic nitrogens is 1. The highest BCUT2D eigenvalue weighted by molar-refractivity contribution is 5.79. The van der Waals surface area contributed by atoms with Crippen molar-refractivity contribution in [2.45, 2.75) is 32.2 Å². The topological polar surface area (TPSA) is 71.0 Å². The lowest BCUT2D eigenvalue weighted by atomic mass is 10.1. The second-order valence-corrected chi connectivity index (χ2v) is 7.42. The van der Waals surface area contributed by atoms with Gasteiger partial charge in [-0.15, -0.1) is 0 Å². The lowest BCUT2D eigenvalue weighted by molar-refractivity contribution is 0.308. The van der Waals surface area contributed by atoms with Crippen molar-refractivity contribution in [3.05, 3.63) is 48.2 Å². The van der Waals surface area contributed by atoms with Crippen molar-refractivity contribution >= 4 is 11.8 Å². The van der Waals surface area contributed by atoms with E-state index in [9.17, 15) is 0 Å². The Morgan fingerprint density at radius 3 is 2.67 bits per heavy atom. The first-order chi connectivity index (χ1) is 14.7. The van der Waals surface area contributed by atoms with Gasteiger partial charge in [-0.2, -0.15) is 0 Å². The Bertz CT molecular complexity index is 819. The molecule has 162 valence electrons. The number of methoxy groups -OCH3 is 1. The molecule has 0 bridgehead atoms. The third-order valence-corrected chi connectivity index (χ3v) is 5.18. The molecule has 1 aliphatic rings. The van der Waals surface area contributed by atoms with Gasteiger partial charge in [0.15, 0.2) is 5.96 Å². The van der Waals surface area contributed by atoms with E-state index in [0.717, 1.165) is 67.9 Å². The van der Waals surface area contributed by atoms with E-state index in [1.165, 1.54) is 0 Å². The van der Waals surface area contributed by atoms with Gasteiger partial charge in [0.05, 0.1) is 13.7 Å². The van der Waals surface area contributed by atoms with Crippen molar-refractivity contribution in [3.63, 3.8) is 0 Å². The average molecular weight is 412 g/mol. The first-order valence-electron chi connectivity index (χ1n) is 10.6. The number of ether oxygens (including phenoxy) is 2. The van der Waals surface area contributed by atoms with Crippen LogP contribution in [0.15, 0.2) is 47.5 Å². The van der Waals surface area contributed by atoms with Crippen LogP contribution in [0.3, 0.4) is 0 Å². The highest BCUT2D eigenvalue weighted by Gasteiger charge is 2.20. The Labute approximate surface area is 179 Å². The summed E-state index contributed by atoms with van der Waals surface area (Å²) in [6, 6.07) is 14.3. The fraction of sp³-hybridized carbons (Fsp3) is 0.478. The van der Waals surface area contributed by atoms with Gasteiger partial charge in [-0.05, 0) is 50.5 Å². The number of aryl methyl sites for hydroxylation is 1. The van der Waals surface area contributed by atoms with Crippen LogP contribution in [0, 0.1) is 6.92 Å². The quantitative estimate of drug-likeness (QED) is 0.395. The van der Waals surface area contributed by atoms with Crippen molar-refractivity contribution in [3.8, 4) is 11.5 Å². The molecule has 0 spiro atoms. The van der Waals surface area contributed by atoms with E-state index < -0.39 is 0 Å². The van der Waals surface area contributed by atoms with E-state index in [2.05, 4.69) is 37.6 Å². The number of nitrogens with zero attached hydrogens (tertiary/aromatic N) is 3. The van der Waals surface area contributed by atoms with Crippen LogP contribution in [0.25, 0.3) is 0 Å². The molecule has 7 heteroatoms. The smallest absolute Gasteiger partial charge is 0.191 e. The minimum Gasteiger partial charge on any atom is -0.497 e. The van der Waals surface area contributed by atoms with E-state index >= 15 is 0 Å². The molecule has 0 unspecified atom stereocenters. The maximum atomic E-state index is 5.78. The van der Waals surface area contributed by atoms with Gasteiger partial charge in [0.1, 0.15) is 17.3 Å². The van der Waals surface area contributed by atoms with Crippen molar-refractivity contribution in [1.29, 1.82) is 0 Å². The van der Waals surface area contributed by atoms with Crippen LogP contribution in [0.1, 0.15) is 25.0 Å². The van der Waals surface area contributed by atoms with E-state index in [1.807, 2.05) is 44.3 Å². The molecule has 2 N–H and O–H groups in total. The molecular weight excluding hydrogens is 378 g/mol. The third kappa shape index (κ3) is 6.54. The van der Waals surface area contributed by atoms with Crippen molar-refractivity contribution < 1.29 is 9.47 Å². The van der Waals surface area contributed by atoms with Crippen LogP contribution >= 0.6 is 0 Å². The molecule has 0 saturated carbocycles. The number of aliphatic imine (C=N–C) groups is 1. The van der Waals surface area contributed by atoms with E-state index in [0.29, 0.717) is 12.6 Å². The summed E-state index contributed by atoms with van der Waals surface area (Å²) in [7, 11) is 3.47. The number of hydrogen-bond acceptors (Lipinski definition) is 5. The molecule has 2 aromatic rings. The lowest BCUT2D eigenvalue weighted by Crippen LogP contribution is -2.49. The Hall–Kier alpha value is -2.96. The maximum absolute atomic E-state index is 5.78. The summed E-state index contributed by atoms with van der Waals surface area (Å²) < 4.78 is 11.0. The summed E-state index contributed by atoms with van der Waals surface area (Å²) in [5.74, 6) is 3.56. The van der Waals surface area contributed by atoms with Gasteiger partial charge in [-0.25, -0.2) is 4.98 Å².